The van der Waals surface area contributed by atoms with Crippen molar-refractivity contribution >= 4 is 46.1 Å². The Balaban J connectivity index is 1.08. The molecule has 5 aromatic rings. The van der Waals surface area contributed by atoms with Gasteiger partial charge in [0.25, 0.3) is 0 Å². The van der Waals surface area contributed by atoms with E-state index in [-0.39, 0.29) is 35.7 Å². The number of amides is 4. The third-order valence-corrected chi connectivity index (χ3v) is 10.3. The molecule has 4 atom stereocenters. The molecule has 54 heavy (non-hydrogen) atoms. The number of aromatic amines is 2. The number of carboxylic acid groups (broad SMARTS) is 1. The number of nitrogens with zero attached hydrogens (tertiary/aromatic N) is 5. The number of fused-ring (bicyclic) bond motifs is 2. The van der Waals surface area contributed by atoms with Gasteiger partial charge >= 0.3 is 12.2 Å². The summed E-state index contributed by atoms with van der Waals surface area (Å²) < 4.78 is 11.0. The van der Waals surface area contributed by atoms with Gasteiger partial charge in [-0.05, 0) is 73.9 Å². The fraction of sp³-hybridized carbons (Fsp3) is 0.447. The van der Waals surface area contributed by atoms with Gasteiger partial charge in [0.1, 0.15) is 23.7 Å². The van der Waals surface area contributed by atoms with E-state index in [2.05, 4.69) is 25.6 Å². The molecule has 2 saturated heterocycles. The van der Waals surface area contributed by atoms with E-state index in [1.54, 1.807) is 16.0 Å². The number of ether oxygens (including phenoxy) is 1. The molecular formula is C38H45N9O7. The predicted octanol–water partition coefficient (Wildman–Crippen LogP) is 5.76. The molecule has 16 nitrogen and oxygen atoms in total. The van der Waals surface area contributed by atoms with Crippen molar-refractivity contribution in [3.8, 4) is 22.8 Å². The molecule has 5 heterocycles. The maximum Gasteiger partial charge on any atom is 0.407 e. The molecule has 5 N–H and O–H groups in total. The summed E-state index contributed by atoms with van der Waals surface area (Å²) in [5, 5.41) is 14.4. The topological polar surface area (TPSA) is 212 Å². The first-order valence-corrected chi connectivity index (χ1v) is 18.3. The van der Waals surface area contributed by atoms with Crippen LogP contribution in [0.1, 0.15) is 77.1 Å². The fourth-order valence-corrected chi connectivity index (χ4v) is 7.53. The number of rotatable bonds is 10. The lowest BCUT2D eigenvalue weighted by molar-refractivity contribution is -0.136. The van der Waals surface area contributed by atoms with E-state index in [9.17, 15) is 24.3 Å². The van der Waals surface area contributed by atoms with Gasteiger partial charge in [-0.2, -0.15) is 0 Å². The SMILES string of the molecule is COC(=O)N[C@H](C(=O)N1CCCC1c1nc2cc(-c3ncc(-c4ccc5[nH]c([C@@H]6CCCN6C(=O)[C@@H](NC(=O)O)C(C)C)nc5c4)o3)ccc2[nH]1)C(C)C. The Bertz CT molecular complexity index is 2200. The monoisotopic (exact) mass is 739 g/mol. The molecule has 16 heteroatoms. The van der Waals surface area contributed by atoms with Gasteiger partial charge in [0, 0.05) is 24.2 Å². The Labute approximate surface area is 311 Å². The smallest absolute Gasteiger partial charge is 0.407 e. The van der Waals surface area contributed by atoms with Gasteiger partial charge in [-0.25, -0.2) is 24.5 Å². The third-order valence-electron chi connectivity index (χ3n) is 10.3. The van der Waals surface area contributed by atoms with Crippen molar-refractivity contribution in [2.45, 2.75) is 77.5 Å². The van der Waals surface area contributed by atoms with Crippen molar-refractivity contribution in [2.24, 2.45) is 11.8 Å². The Morgan fingerprint density at radius 3 is 1.85 bits per heavy atom. The van der Waals surface area contributed by atoms with E-state index in [1.807, 2.05) is 64.1 Å². The maximum atomic E-state index is 13.6. The Kier molecular flexibility index (Phi) is 10.0. The highest BCUT2D eigenvalue weighted by molar-refractivity contribution is 5.88. The van der Waals surface area contributed by atoms with E-state index < -0.39 is 24.3 Å². The first-order chi connectivity index (χ1) is 25.9. The lowest BCUT2D eigenvalue weighted by Crippen LogP contribution is -2.51. The second-order valence-corrected chi connectivity index (χ2v) is 14.6. The summed E-state index contributed by atoms with van der Waals surface area (Å²) >= 11 is 0. The first-order valence-electron chi connectivity index (χ1n) is 18.3. The van der Waals surface area contributed by atoms with E-state index in [4.69, 9.17) is 19.1 Å². The first kappa shape index (κ1) is 36.4. The minimum atomic E-state index is -1.23. The number of imidazole rings is 2. The van der Waals surface area contributed by atoms with Gasteiger partial charge in [0.15, 0.2) is 5.76 Å². The summed E-state index contributed by atoms with van der Waals surface area (Å²) in [7, 11) is 1.28. The molecule has 4 amide bonds. The van der Waals surface area contributed by atoms with Crippen LogP contribution in [-0.2, 0) is 14.3 Å². The van der Waals surface area contributed by atoms with Gasteiger partial charge in [0.05, 0.1) is 47.5 Å². The number of nitrogens with one attached hydrogen (secondary N) is 4. The zero-order valence-corrected chi connectivity index (χ0v) is 30.9. The van der Waals surface area contributed by atoms with Crippen molar-refractivity contribution in [1.29, 1.82) is 0 Å². The van der Waals surface area contributed by atoms with Crippen molar-refractivity contribution in [1.82, 2.24) is 45.4 Å². The van der Waals surface area contributed by atoms with Crippen molar-refractivity contribution < 1.29 is 33.4 Å². The number of oxazole rings is 1. The Hall–Kier alpha value is -5.93. The van der Waals surface area contributed by atoms with Crippen LogP contribution in [0, 0.1) is 11.8 Å². The van der Waals surface area contributed by atoms with Crippen molar-refractivity contribution in [3.05, 3.63) is 54.2 Å². The zero-order chi connectivity index (χ0) is 38.3. The van der Waals surface area contributed by atoms with Crippen molar-refractivity contribution in [2.75, 3.05) is 20.2 Å². The molecule has 2 aliphatic heterocycles. The number of H-pyrrole nitrogens is 2. The van der Waals surface area contributed by atoms with Gasteiger partial charge < -0.3 is 44.7 Å². The molecule has 2 fully saturated rings. The summed E-state index contributed by atoms with van der Waals surface area (Å²) in [6, 6.07) is 9.34. The summed E-state index contributed by atoms with van der Waals surface area (Å²) in [4.78, 5) is 74.9. The molecule has 7 rings (SSSR count). The molecule has 284 valence electrons. The molecule has 0 saturated carbocycles. The molecular weight excluding hydrogens is 694 g/mol. The highest BCUT2D eigenvalue weighted by Gasteiger charge is 2.39. The summed E-state index contributed by atoms with van der Waals surface area (Å²) in [6.07, 6.45) is 2.86. The van der Waals surface area contributed by atoms with Gasteiger partial charge in [-0.1, -0.05) is 27.7 Å². The van der Waals surface area contributed by atoms with Crippen molar-refractivity contribution in [3.63, 3.8) is 0 Å². The number of benzene rings is 2. The molecule has 0 radical (unpaired) electrons. The molecule has 0 bridgehead atoms. The number of carbonyl (C=O) groups is 4. The predicted molar refractivity (Wildman–Crippen MR) is 198 cm³/mol. The minimum absolute atomic E-state index is 0.130. The van der Waals surface area contributed by atoms with Crippen LogP contribution in [0.4, 0.5) is 9.59 Å². The quantitative estimate of drug-likeness (QED) is 0.117. The van der Waals surface area contributed by atoms with Crippen LogP contribution >= 0.6 is 0 Å². The lowest BCUT2D eigenvalue weighted by Gasteiger charge is -2.29. The second-order valence-electron chi connectivity index (χ2n) is 14.6. The number of hydrogen-bond donors (Lipinski definition) is 5. The van der Waals surface area contributed by atoms with E-state index >= 15 is 0 Å². The van der Waals surface area contributed by atoms with Crippen LogP contribution in [0.15, 0.2) is 47.0 Å². The molecule has 3 aromatic heterocycles. The number of hydrogen-bond acceptors (Lipinski definition) is 9. The number of likely N-dealkylation sites (tertiary alicyclic amines) is 2. The van der Waals surface area contributed by atoms with E-state index in [0.29, 0.717) is 53.8 Å². The highest BCUT2D eigenvalue weighted by Crippen LogP contribution is 2.36. The molecule has 2 aliphatic rings. The van der Waals surface area contributed by atoms with Gasteiger partial charge in [-0.15, -0.1) is 0 Å². The maximum absolute atomic E-state index is 13.6. The Morgan fingerprint density at radius 1 is 0.815 bits per heavy atom. The number of carbonyl (C=O) groups excluding carboxylic acids is 3. The summed E-state index contributed by atoms with van der Waals surface area (Å²) in [6.45, 7) is 8.49. The van der Waals surface area contributed by atoms with Gasteiger partial charge in [-0.3, -0.25) is 9.59 Å². The Morgan fingerprint density at radius 2 is 1.33 bits per heavy atom. The summed E-state index contributed by atoms with van der Waals surface area (Å²) in [5.41, 5.74) is 4.54. The third kappa shape index (κ3) is 7.07. The molecule has 0 spiro atoms. The summed E-state index contributed by atoms with van der Waals surface area (Å²) in [5.74, 6) is 1.53. The van der Waals surface area contributed by atoms with Crippen LogP contribution in [0.25, 0.3) is 44.8 Å². The second kappa shape index (κ2) is 14.8. The minimum Gasteiger partial charge on any atom is -0.465 e. The molecule has 2 aromatic carbocycles. The van der Waals surface area contributed by atoms with Crippen LogP contribution in [0.5, 0.6) is 0 Å². The van der Waals surface area contributed by atoms with Crippen LogP contribution < -0.4 is 10.6 Å². The fourth-order valence-electron chi connectivity index (χ4n) is 7.53. The van der Waals surface area contributed by atoms with E-state index in [1.165, 1.54) is 7.11 Å². The standard InChI is InChI=1S/C38H45N9O7/c1-19(2)30(44-37(50)51)35(48)46-14-6-8-27(46)32-40-23-12-10-21(16-25(23)42-32)29-18-39-34(54-29)22-11-13-24-26(17-22)43-33(41-24)28-9-7-15-47(28)36(49)31(20(3)4)45-38(52)53-5/h10-13,16-20,27-28,30-31,44H,6-9,14-15H2,1-5H3,(H,40,42)(H,41,43)(H,45,52)(H,50,51)/t27-,28?,30-,31-/m0/s1. The zero-order valence-electron chi connectivity index (χ0n) is 30.9. The normalized spacial score (nSPS) is 18.5. The number of alkyl carbamates (subject to hydrolysis) is 1. The number of aromatic nitrogens is 5. The highest BCUT2D eigenvalue weighted by atomic mass is 16.5. The average Bonchev–Trinajstić information content (AvgIpc) is 3.99. The number of methoxy groups -OCH3 is 1. The van der Waals surface area contributed by atoms with E-state index in [0.717, 1.165) is 41.4 Å². The van der Waals surface area contributed by atoms with Crippen LogP contribution in [0.2, 0.25) is 0 Å². The van der Waals surface area contributed by atoms with Gasteiger partial charge in [0.2, 0.25) is 17.7 Å². The average molecular weight is 740 g/mol. The lowest BCUT2D eigenvalue weighted by atomic mass is 10.0. The largest absolute Gasteiger partial charge is 0.465 e. The molecule has 0 aliphatic carbocycles. The van der Waals surface area contributed by atoms with Crippen LogP contribution in [0.3, 0.4) is 0 Å². The van der Waals surface area contributed by atoms with Crippen LogP contribution in [-0.4, -0.2) is 96.1 Å². The molecule has 1 unspecified atom stereocenters.